The third kappa shape index (κ3) is 20.0. The monoisotopic (exact) mass is 1080 g/mol. The van der Waals surface area contributed by atoms with Gasteiger partial charge >= 0.3 is 0 Å². The molecule has 70 heavy (non-hydrogen) atoms. The summed E-state index contributed by atoms with van der Waals surface area (Å²) < 4.78 is 0. The molecule has 2 atom stereocenters. The molecule has 0 radical (unpaired) electrons. The van der Waals surface area contributed by atoms with Crippen molar-refractivity contribution in [3.05, 3.63) is 0 Å². The molecule has 6 heteroatoms. The second-order valence-electron chi connectivity index (χ2n) is 30.9. The number of rotatable bonds is 4. The lowest BCUT2D eigenvalue weighted by Crippen LogP contribution is -2.25. The van der Waals surface area contributed by atoms with Crippen molar-refractivity contribution in [1.29, 1.82) is 0 Å². The molecule has 6 aliphatic heterocycles. The molecule has 3 saturated carbocycles. The topological polar surface area (TPSA) is 0 Å². The van der Waals surface area contributed by atoms with E-state index in [9.17, 15) is 0 Å². The van der Waals surface area contributed by atoms with Crippen LogP contribution in [-0.2, 0) is 0 Å². The second-order valence-corrected chi connectivity index (χ2v) is 47.3. The molecule has 0 amide bonds. The van der Waals surface area contributed by atoms with Gasteiger partial charge in [-0.1, -0.05) is 203 Å². The Hall–Kier alpha value is 2.58. The first kappa shape index (κ1) is 65.1. The van der Waals surface area contributed by atoms with Crippen molar-refractivity contribution >= 4 is 51.5 Å². The van der Waals surface area contributed by atoms with Crippen molar-refractivity contribution in [2.45, 2.75) is 393 Å². The Labute approximate surface area is 453 Å². The van der Waals surface area contributed by atoms with Gasteiger partial charge in [-0.3, -0.25) is 0 Å². The second kappa shape index (κ2) is 26.2. The van der Waals surface area contributed by atoms with E-state index >= 15 is 0 Å². The predicted molar refractivity (Wildman–Crippen MR) is 342 cm³/mol. The summed E-state index contributed by atoms with van der Waals surface area (Å²) in [6.45, 7) is 48.5. The summed E-state index contributed by atoms with van der Waals surface area (Å²) in [6.07, 6.45) is 44.8. The van der Waals surface area contributed by atoms with Crippen molar-refractivity contribution < 1.29 is 0 Å². The molecule has 0 aromatic rings. The molecule has 3 aliphatic carbocycles. The van der Waals surface area contributed by atoms with E-state index < -0.39 is 0 Å². The standard InChI is InChI=1S/C12H21P.C12H25P.C11H21P.C11H23P.C10H21P.C8H17P/c1-2-6-11(5-1)9-10-12(13-11)7-3-4-8-12;1-5-11(6-2)9-10-12(7-3,8-4)13-11;1-10(2)8-6-5-7-9(8)11(3,4)12-10;1-10(2)8-6-5-7-9-11(3,4)12-10;1-9(2)7-5-6-8-10(3,4)11-9;1-7(2)5-6-8(3,4)9-7/h13H,1-10H2;13H,5-10H2,1-4H3;8-9,12H,5-7H2,1-4H3;12H,5-9H2,1-4H3;11H,5-8H2,1-4H3;9H,5-6H2,1-4H3. The minimum Gasteiger partial charge on any atom is -0.110 e. The predicted octanol–water partition coefficient (Wildman–Crippen LogP) is 23.3. The molecule has 0 aromatic carbocycles. The Kier molecular flexibility index (Phi) is 24.4. The fourth-order valence-electron chi connectivity index (χ4n) is 16.6. The Balaban J connectivity index is 0.000000183. The minimum absolute atomic E-state index is 0.615. The summed E-state index contributed by atoms with van der Waals surface area (Å²) in [7, 11) is 7.22. The molecular formula is C64H128P6. The summed E-state index contributed by atoms with van der Waals surface area (Å²) in [5.74, 6) is 2.09. The van der Waals surface area contributed by atoms with Gasteiger partial charge in [0.05, 0.1) is 0 Å². The lowest BCUT2D eigenvalue weighted by atomic mass is 9.80. The van der Waals surface area contributed by atoms with Gasteiger partial charge in [0.25, 0.3) is 0 Å². The lowest BCUT2D eigenvalue weighted by molar-refractivity contribution is 0.314. The molecule has 6 saturated heterocycles. The van der Waals surface area contributed by atoms with Crippen LogP contribution < -0.4 is 0 Å². The highest BCUT2D eigenvalue weighted by molar-refractivity contribution is 7.43. The Morgan fingerprint density at radius 2 is 0.529 bits per heavy atom. The molecule has 9 fully saturated rings. The Morgan fingerprint density at radius 1 is 0.257 bits per heavy atom. The first-order valence-electron chi connectivity index (χ1n) is 30.9. The van der Waals surface area contributed by atoms with Crippen LogP contribution in [0.1, 0.15) is 331 Å². The molecule has 0 bridgehead atoms. The highest BCUT2D eigenvalue weighted by Crippen LogP contribution is 2.68. The van der Waals surface area contributed by atoms with Crippen LogP contribution >= 0.6 is 51.5 Å². The van der Waals surface area contributed by atoms with Crippen LogP contribution in [0.25, 0.3) is 0 Å². The van der Waals surface area contributed by atoms with Gasteiger partial charge in [0, 0.05) is 0 Å². The Bertz CT molecular complexity index is 1410. The summed E-state index contributed by atoms with van der Waals surface area (Å²) in [5.41, 5.74) is 0. The highest BCUT2D eigenvalue weighted by Gasteiger charge is 2.54. The van der Waals surface area contributed by atoms with Gasteiger partial charge < -0.3 is 0 Å². The summed E-state index contributed by atoms with van der Waals surface area (Å²) >= 11 is 0. The molecule has 414 valence electrons. The fourth-order valence-corrected chi connectivity index (χ4v) is 31.7. The van der Waals surface area contributed by atoms with Gasteiger partial charge in [-0.15, -0.1) is 51.5 Å². The van der Waals surface area contributed by atoms with Crippen LogP contribution in [0.3, 0.4) is 0 Å². The molecule has 2 unspecified atom stereocenters. The maximum Gasteiger partial charge on any atom is -0.0117 e. The van der Waals surface area contributed by atoms with Gasteiger partial charge in [-0.05, 0) is 202 Å². The molecule has 9 rings (SSSR count). The van der Waals surface area contributed by atoms with Crippen LogP contribution in [0.4, 0.5) is 0 Å². The average molecular weight is 1080 g/mol. The van der Waals surface area contributed by atoms with Gasteiger partial charge in [0.1, 0.15) is 0 Å². The first-order valence-corrected chi connectivity index (χ1v) is 36.9. The molecule has 0 N–H and O–H groups in total. The lowest BCUT2D eigenvalue weighted by Gasteiger charge is -2.37. The molecule has 0 aromatic heterocycles. The maximum atomic E-state index is 2.49. The minimum atomic E-state index is 0.615. The van der Waals surface area contributed by atoms with Crippen molar-refractivity contribution in [1.82, 2.24) is 0 Å². The highest BCUT2D eigenvalue weighted by atomic mass is 31.1. The van der Waals surface area contributed by atoms with E-state index in [1.165, 1.54) is 154 Å². The summed E-state index contributed by atoms with van der Waals surface area (Å²) in [6, 6.07) is 0. The van der Waals surface area contributed by atoms with Gasteiger partial charge in [-0.2, -0.15) is 0 Å². The number of fused-ring (bicyclic) bond motifs is 1. The van der Waals surface area contributed by atoms with E-state index in [1.54, 1.807) is 64.2 Å². The zero-order valence-corrected chi connectivity index (χ0v) is 57.4. The van der Waals surface area contributed by atoms with Gasteiger partial charge in [0.2, 0.25) is 0 Å². The molecule has 9 aliphatic rings. The average Bonchev–Trinajstić information content (AvgIpc) is 4.12. The largest absolute Gasteiger partial charge is 0.110 e. The van der Waals surface area contributed by atoms with Crippen LogP contribution in [0, 0.1) is 11.8 Å². The third-order valence-electron chi connectivity index (χ3n) is 20.4. The Morgan fingerprint density at radius 3 is 0.786 bits per heavy atom. The van der Waals surface area contributed by atoms with Crippen LogP contribution in [0.15, 0.2) is 0 Å². The molecule has 0 nitrogen and oxygen atoms in total. The number of hydrogen-bond acceptors (Lipinski definition) is 0. The van der Waals surface area contributed by atoms with Crippen LogP contribution in [0.5, 0.6) is 0 Å². The van der Waals surface area contributed by atoms with E-state index in [4.69, 9.17) is 0 Å². The summed E-state index contributed by atoms with van der Waals surface area (Å²) in [5, 5.41) is 8.38. The quantitative estimate of drug-likeness (QED) is 0.246. The first-order chi connectivity index (χ1) is 32.2. The van der Waals surface area contributed by atoms with E-state index in [0.717, 1.165) is 58.2 Å². The van der Waals surface area contributed by atoms with E-state index in [0.29, 0.717) is 41.2 Å². The van der Waals surface area contributed by atoms with Gasteiger partial charge in [0.15, 0.2) is 0 Å². The molecular weight excluding hydrogens is 955 g/mol. The zero-order chi connectivity index (χ0) is 52.6. The van der Waals surface area contributed by atoms with Crippen molar-refractivity contribution in [2.24, 2.45) is 11.8 Å². The SMILES string of the molecule is C1CCC2(C1)CCC1(CCCC1)P2.CC1(C)CCC(C)(C)P1.CC1(C)CCCCC(C)(C)P1.CC1(C)CCCCCC(C)(C)P1.CC1(C)PC(C)(C)C2CCCC21.CCC1(CC)CCC(CC)(CC)P1. The zero-order valence-electron chi connectivity index (χ0n) is 51.4. The third-order valence-corrected chi connectivity index (χ3v) is 33.6. The van der Waals surface area contributed by atoms with Crippen LogP contribution in [0.2, 0.25) is 0 Å². The van der Waals surface area contributed by atoms with Gasteiger partial charge in [-0.25, -0.2) is 0 Å². The normalized spacial score (nSPS) is 32.4. The van der Waals surface area contributed by atoms with Crippen molar-refractivity contribution in [3.63, 3.8) is 0 Å². The number of hydrogen-bond donors (Lipinski definition) is 0. The van der Waals surface area contributed by atoms with E-state index in [1.807, 2.05) is 0 Å². The smallest absolute Gasteiger partial charge is 0.0117 e. The fraction of sp³-hybridized carbons (Fsp3) is 1.00. The van der Waals surface area contributed by atoms with E-state index in [-0.39, 0.29) is 0 Å². The molecule has 6 heterocycles. The van der Waals surface area contributed by atoms with Crippen molar-refractivity contribution in [2.75, 3.05) is 0 Å². The van der Waals surface area contributed by atoms with Crippen molar-refractivity contribution in [3.8, 4) is 0 Å². The maximum absolute atomic E-state index is 2.49. The molecule has 2 spiro atoms. The van der Waals surface area contributed by atoms with Crippen LogP contribution in [-0.4, -0.2) is 61.9 Å². The summed E-state index contributed by atoms with van der Waals surface area (Å²) in [4.78, 5) is 0. The van der Waals surface area contributed by atoms with E-state index in [2.05, 4.69) is 138 Å².